The first-order valence-electron chi connectivity index (χ1n) is 9.35. The maximum Gasteiger partial charge on any atom is 0.335 e. The molecule has 0 spiro atoms. The van der Waals surface area contributed by atoms with Gasteiger partial charge in [-0.15, -0.1) is 0 Å². The summed E-state index contributed by atoms with van der Waals surface area (Å²) < 4.78 is 25.0. The molecule has 0 fully saturated rings. The Hall–Kier alpha value is -2.89. The molecule has 1 N–H and O–H groups in total. The molecule has 0 atom stereocenters. The van der Waals surface area contributed by atoms with Crippen LogP contribution in [0.2, 0.25) is 0 Å². The predicted molar refractivity (Wildman–Crippen MR) is 108 cm³/mol. The van der Waals surface area contributed by atoms with Crippen LogP contribution >= 0.6 is 0 Å². The fourth-order valence-electron chi connectivity index (χ4n) is 2.54. The normalized spacial score (nSPS) is 9.96. The molecule has 2 aromatic heterocycles. The lowest BCUT2D eigenvalue weighted by Crippen LogP contribution is -2.00. The molecule has 2 heterocycles. The van der Waals surface area contributed by atoms with Crippen LogP contribution < -0.4 is 0 Å². The zero-order valence-corrected chi connectivity index (χ0v) is 16.6. The van der Waals surface area contributed by atoms with E-state index in [2.05, 4.69) is 9.97 Å². The van der Waals surface area contributed by atoms with Gasteiger partial charge in [0.15, 0.2) is 0 Å². The molecular formula is C22H26F2N2O2. The number of rotatable bonds is 5. The molecule has 3 aromatic rings. The van der Waals surface area contributed by atoms with Crippen LogP contribution in [-0.2, 0) is 12.8 Å². The molecule has 6 heteroatoms. The summed E-state index contributed by atoms with van der Waals surface area (Å²) in [6.07, 6.45) is 0.648. The highest BCUT2D eigenvalue weighted by atomic mass is 19.3. The third kappa shape index (κ3) is 6.68. The number of fused-ring (bicyclic) bond motifs is 1. The van der Waals surface area contributed by atoms with Gasteiger partial charge in [-0.3, -0.25) is 9.97 Å². The van der Waals surface area contributed by atoms with Gasteiger partial charge in [-0.25, -0.2) is 13.6 Å². The van der Waals surface area contributed by atoms with Crippen molar-refractivity contribution in [2.75, 3.05) is 0 Å². The summed E-state index contributed by atoms with van der Waals surface area (Å²) in [6, 6.07) is 10.2. The van der Waals surface area contributed by atoms with Crippen molar-refractivity contribution in [3.05, 3.63) is 71.2 Å². The second-order valence-corrected chi connectivity index (χ2v) is 5.48. The van der Waals surface area contributed by atoms with Gasteiger partial charge in [0.25, 0.3) is 0 Å². The minimum absolute atomic E-state index is 0.182. The Morgan fingerprint density at radius 1 is 1.00 bits per heavy atom. The summed E-state index contributed by atoms with van der Waals surface area (Å²) in [6.45, 7) is 8.00. The van der Waals surface area contributed by atoms with Gasteiger partial charge in [-0.2, -0.15) is 0 Å². The number of pyridine rings is 2. The van der Waals surface area contributed by atoms with Crippen LogP contribution in [0.1, 0.15) is 54.9 Å². The number of alkyl halides is 2. The molecule has 0 radical (unpaired) electrons. The molecule has 1 aromatic carbocycles. The SMILES string of the molecule is CC.CC.O=C(O)c1ccnc(Cc2ccc3ncc(CC(F)F)cc3c2)c1. The molecule has 0 unspecified atom stereocenters. The number of carboxylic acid groups (broad SMARTS) is 1. The first kappa shape index (κ1) is 23.1. The number of carbonyl (C=O) groups is 1. The standard InChI is InChI=1S/C18H14F2N2O2.2C2H6/c19-17(20)8-12-6-14-5-11(1-2-16(14)22-10-12)7-15-9-13(18(23)24)3-4-21-15;2*1-2/h1-6,9-10,17H,7-8H2,(H,23,24);2*1-2H3. The van der Waals surface area contributed by atoms with E-state index in [1.807, 2.05) is 45.9 Å². The first-order chi connectivity index (χ1) is 13.5. The van der Waals surface area contributed by atoms with Gasteiger partial charge in [0.2, 0.25) is 6.43 Å². The Morgan fingerprint density at radius 2 is 1.68 bits per heavy atom. The van der Waals surface area contributed by atoms with Crippen molar-refractivity contribution in [3.8, 4) is 0 Å². The van der Waals surface area contributed by atoms with Gasteiger partial charge in [-0.1, -0.05) is 33.8 Å². The second-order valence-electron chi connectivity index (χ2n) is 5.48. The zero-order valence-electron chi connectivity index (χ0n) is 16.6. The average Bonchev–Trinajstić information content (AvgIpc) is 2.70. The molecule has 0 saturated heterocycles. The number of hydrogen-bond acceptors (Lipinski definition) is 3. The fraction of sp³-hybridized carbons (Fsp3) is 0.318. The molecule has 4 nitrogen and oxygen atoms in total. The summed E-state index contributed by atoms with van der Waals surface area (Å²) in [5.41, 5.74) is 2.94. The molecule has 28 heavy (non-hydrogen) atoms. The van der Waals surface area contributed by atoms with Crippen LogP contribution in [0, 0.1) is 0 Å². The van der Waals surface area contributed by atoms with E-state index in [0.29, 0.717) is 17.7 Å². The van der Waals surface area contributed by atoms with Crippen molar-refractivity contribution in [3.63, 3.8) is 0 Å². The summed E-state index contributed by atoms with van der Waals surface area (Å²) >= 11 is 0. The van der Waals surface area contributed by atoms with Crippen molar-refractivity contribution in [2.45, 2.75) is 47.0 Å². The Balaban J connectivity index is 0.000000921. The van der Waals surface area contributed by atoms with Crippen LogP contribution in [0.15, 0.2) is 48.8 Å². The van der Waals surface area contributed by atoms with E-state index >= 15 is 0 Å². The van der Waals surface area contributed by atoms with E-state index in [4.69, 9.17) is 5.11 Å². The van der Waals surface area contributed by atoms with Crippen molar-refractivity contribution < 1.29 is 18.7 Å². The smallest absolute Gasteiger partial charge is 0.335 e. The van der Waals surface area contributed by atoms with E-state index in [0.717, 1.165) is 16.5 Å². The van der Waals surface area contributed by atoms with E-state index in [1.54, 1.807) is 6.07 Å². The molecule has 150 valence electrons. The third-order valence-electron chi connectivity index (χ3n) is 3.64. The second kappa shape index (κ2) is 11.7. The van der Waals surface area contributed by atoms with Crippen molar-refractivity contribution in [1.29, 1.82) is 0 Å². The van der Waals surface area contributed by atoms with Crippen LogP contribution in [0.3, 0.4) is 0 Å². The zero-order chi connectivity index (χ0) is 21.1. The molecule has 0 aliphatic rings. The van der Waals surface area contributed by atoms with Crippen LogP contribution in [0.25, 0.3) is 10.9 Å². The highest BCUT2D eigenvalue weighted by Crippen LogP contribution is 2.19. The van der Waals surface area contributed by atoms with Gasteiger partial charge in [0.05, 0.1) is 11.1 Å². The molecule has 0 aliphatic heterocycles. The minimum Gasteiger partial charge on any atom is -0.478 e. The van der Waals surface area contributed by atoms with E-state index in [1.165, 1.54) is 24.5 Å². The van der Waals surface area contributed by atoms with Crippen LogP contribution in [0.4, 0.5) is 8.78 Å². The molecule has 0 amide bonds. The first-order valence-corrected chi connectivity index (χ1v) is 9.35. The topological polar surface area (TPSA) is 63.1 Å². The number of halogens is 2. The van der Waals surface area contributed by atoms with Crippen LogP contribution in [0.5, 0.6) is 0 Å². The fourth-order valence-corrected chi connectivity index (χ4v) is 2.54. The van der Waals surface area contributed by atoms with Gasteiger partial charge in [-0.05, 0) is 41.5 Å². The molecule has 0 bridgehead atoms. The van der Waals surface area contributed by atoms with Gasteiger partial charge in [0, 0.05) is 36.3 Å². The summed E-state index contributed by atoms with van der Waals surface area (Å²) in [4.78, 5) is 19.4. The maximum absolute atomic E-state index is 12.5. The molecule has 0 aliphatic carbocycles. The number of benzene rings is 1. The molecule has 3 rings (SSSR count). The Bertz CT molecular complexity index is 899. The van der Waals surface area contributed by atoms with Gasteiger partial charge < -0.3 is 5.11 Å². The number of nitrogens with zero attached hydrogens (tertiary/aromatic N) is 2. The average molecular weight is 388 g/mol. The van der Waals surface area contributed by atoms with Crippen molar-refractivity contribution >= 4 is 16.9 Å². The quantitative estimate of drug-likeness (QED) is 0.602. The Labute approximate surface area is 164 Å². The summed E-state index contributed by atoms with van der Waals surface area (Å²) in [7, 11) is 0. The van der Waals surface area contributed by atoms with Crippen LogP contribution in [-0.4, -0.2) is 27.5 Å². The Morgan fingerprint density at radius 3 is 2.32 bits per heavy atom. The van der Waals surface area contributed by atoms with Gasteiger partial charge in [0.1, 0.15) is 0 Å². The maximum atomic E-state index is 12.5. The predicted octanol–water partition coefficient (Wildman–Crippen LogP) is 5.78. The lowest BCUT2D eigenvalue weighted by molar-refractivity contribution is 0.0696. The molecular weight excluding hydrogens is 362 g/mol. The lowest BCUT2D eigenvalue weighted by Gasteiger charge is -2.06. The number of hydrogen-bond donors (Lipinski definition) is 1. The van der Waals surface area contributed by atoms with E-state index in [-0.39, 0.29) is 12.0 Å². The Kier molecular flexibility index (Phi) is 9.71. The largest absolute Gasteiger partial charge is 0.478 e. The number of carboxylic acids is 1. The summed E-state index contributed by atoms with van der Waals surface area (Å²) in [5, 5.41) is 9.80. The van der Waals surface area contributed by atoms with Gasteiger partial charge >= 0.3 is 5.97 Å². The van der Waals surface area contributed by atoms with E-state index < -0.39 is 12.4 Å². The van der Waals surface area contributed by atoms with E-state index in [9.17, 15) is 13.6 Å². The summed E-state index contributed by atoms with van der Waals surface area (Å²) in [5.74, 6) is -1.00. The van der Waals surface area contributed by atoms with Crippen molar-refractivity contribution in [2.24, 2.45) is 0 Å². The van der Waals surface area contributed by atoms with Crippen molar-refractivity contribution in [1.82, 2.24) is 9.97 Å². The molecule has 0 saturated carbocycles. The lowest BCUT2D eigenvalue weighted by atomic mass is 10.0. The highest BCUT2D eigenvalue weighted by Gasteiger charge is 2.08. The number of aromatic carboxylic acids is 1. The third-order valence-corrected chi connectivity index (χ3v) is 3.64. The minimum atomic E-state index is -2.41. The highest BCUT2D eigenvalue weighted by molar-refractivity contribution is 5.87. The number of aromatic nitrogens is 2. The monoisotopic (exact) mass is 388 g/mol.